The lowest BCUT2D eigenvalue weighted by atomic mass is 10.1. The number of nitrogens with zero attached hydrogens (tertiary/aromatic N) is 4. The first-order valence-electron chi connectivity index (χ1n) is 9.44. The number of hydrogen-bond acceptors (Lipinski definition) is 6. The number of carbonyl (C=O) groups is 1. The molecule has 0 fully saturated rings. The molecule has 0 saturated heterocycles. The molecule has 0 aliphatic carbocycles. The second-order valence-electron chi connectivity index (χ2n) is 6.86. The highest BCUT2D eigenvalue weighted by Crippen LogP contribution is 2.31. The van der Waals surface area contributed by atoms with Gasteiger partial charge in [0.05, 0.1) is 37.0 Å². The van der Waals surface area contributed by atoms with Crippen LogP contribution in [0.2, 0.25) is 5.02 Å². The van der Waals surface area contributed by atoms with Crippen molar-refractivity contribution in [2.24, 2.45) is 0 Å². The molecule has 0 bridgehead atoms. The van der Waals surface area contributed by atoms with E-state index in [-0.39, 0.29) is 5.91 Å². The average Bonchev–Trinajstić information content (AvgIpc) is 3.10. The van der Waals surface area contributed by atoms with Crippen LogP contribution in [0.15, 0.2) is 49.1 Å². The topological polar surface area (TPSA) is 91.2 Å². The van der Waals surface area contributed by atoms with Crippen LogP contribution in [0, 0.1) is 6.92 Å². The van der Waals surface area contributed by atoms with E-state index in [1.807, 2.05) is 17.7 Å². The van der Waals surface area contributed by atoms with Gasteiger partial charge < -0.3 is 19.4 Å². The largest absolute Gasteiger partial charge is 0.497 e. The van der Waals surface area contributed by atoms with Gasteiger partial charge in [-0.25, -0.2) is 15.0 Å². The third kappa shape index (κ3) is 4.15. The number of halogens is 1. The number of fused-ring (bicyclic) bond motifs is 1. The third-order valence-electron chi connectivity index (χ3n) is 4.84. The van der Waals surface area contributed by atoms with Crippen LogP contribution in [0.1, 0.15) is 21.6 Å². The van der Waals surface area contributed by atoms with E-state index in [0.717, 1.165) is 16.6 Å². The molecule has 0 radical (unpaired) electrons. The van der Waals surface area contributed by atoms with Crippen LogP contribution in [0.4, 0.5) is 5.69 Å². The first kappa shape index (κ1) is 20.6. The highest BCUT2D eigenvalue weighted by atomic mass is 35.5. The fourth-order valence-electron chi connectivity index (χ4n) is 3.31. The second kappa shape index (κ2) is 8.61. The maximum atomic E-state index is 12.8. The molecule has 158 valence electrons. The summed E-state index contributed by atoms with van der Waals surface area (Å²) in [6, 6.07) is 8.82. The SMILES string of the molecule is COc1ccc(NC(=O)c2cnc3c(c(C)cn3Cc3cc(OC)ncn3)c2Cl)cc1. The van der Waals surface area contributed by atoms with E-state index in [4.69, 9.17) is 21.1 Å². The Kier molecular flexibility index (Phi) is 5.73. The number of ether oxygens (including phenoxy) is 2. The first-order chi connectivity index (χ1) is 15.0. The summed E-state index contributed by atoms with van der Waals surface area (Å²) in [4.78, 5) is 25.6. The molecule has 0 aliphatic rings. The fourth-order valence-corrected chi connectivity index (χ4v) is 3.68. The molecule has 0 unspecified atom stereocenters. The van der Waals surface area contributed by atoms with Crippen molar-refractivity contribution in [3.8, 4) is 11.6 Å². The van der Waals surface area contributed by atoms with Gasteiger partial charge in [-0.15, -0.1) is 0 Å². The molecule has 3 heterocycles. The summed E-state index contributed by atoms with van der Waals surface area (Å²) in [5, 5.41) is 3.92. The summed E-state index contributed by atoms with van der Waals surface area (Å²) in [5.41, 5.74) is 3.28. The number of rotatable bonds is 6. The van der Waals surface area contributed by atoms with Gasteiger partial charge in [-0.3, -0.25) is 4.79 Å². The Hall–Kier alpha value is -3.65. The Morgan fingerprint density at radius 3 is 2.61 bits per heavy atom. The lowest BCUT2D eigenvalue weighted by molar-refractivity contribution is 0.102. The van der Waals surface area contributed by atoms with E-state index in [9.17, 15) is 4.79 Å². The molecule has 1 amide bonds. The number of amides is 1. The molecule has 0 spiro atoms. The van der Waals surface area contributed by atoms with Crippen LogP contribution >= 0.6 is 11.6 Å². The van der Waals surface area contributed by atoms with Gasteiger partial charge in [0.25, 0.3) is 5.91 Å². The van der Waals surface area contributed by atoms with Gasteiger partial charge in [-0.2, -0.15) is 0 Å². The van der Waals surface area contributed by atoms with E-state index in [1.54, 1.807) is 44.6 Å². The lowest BCUT2D eigenvalue weighted by Crippen LogP contribution is -2.13. The van der Waals surface area contributed by atoms with Gasteiger partial charge in [0, 0.05) is 29.5 Å². The molecule has 1 N–H and O–H groups in total. The number of hydrogen-bond donors (Lipinski definition) is 1. The minimum Gasteiger partial charge on any atom is -0.497 e. The fraction of sp³-hybridized carbons (Fsp3) is 0.182. The Bertz CT molecular complexity index is 1250. The highest BCUT2D eigenvalue weighted by molar-refractivity contribution is 6.39. The zero-order valence-corrected chi connectivity index (χ0v) is 18.0. The maximum absolute atomic E-state index is 12.8. The monoisotopic (exact) mass is 437 g/mol. The predicted octanol–water partition coefficient (Wildman–Crippen LogP) is 4.11. The van der Waals surface area contributed by atoms with Crippen molar-refractivity contribution in [2.45, 2.75) is 13.5 Å². The summed E-state index contributed by atoms with van der Waals surface area (Å²) in [6.45, 7) is 2.39. The Balaban J connectivity index is 1.64. The van der Waals surface area contributed by atoms with Crippen molar-refractivity contribution >= 4 is 34.2 Å². The lowest BCUT2D eigenvalue weighted by Gasteiger charge is -2.09. The van der Waals surface area contributed by atoms with Gasteiger partial charge in [0.2, 0.25) is 5.88 Å². The molecule has 4 rings (SSSR count). The standard InChI is InChI=1S/C22H20ClN5O3/c1-13-10-28(11-15-8-18(31-3)26-12-25-15)21-19(13)20(23)17(9-24-21)22(29)27-14-4-6-16(30-2)7-5-14/h4-10,12H,11H2,1-3H3,(H,27,29). The molecule has 8 nitrogen and oxygen atoms in total. The Morgan fingerprint density at radius 1 is 1.13 bits per heavy atom. The van der Waals surface area contributed by atoms with Gasteiger partial charge in [0.1, 0.15) is 17.7 Å². The van der Waals surface area contributed by atoms with Crippen molar-refractivity contribution < 1.29 is 14.3 Å². The van der Waals surface area contributed by atoms with Crippen LogP contribution in [-0.2, 0) is 6.54 Å². The number of nitrogens with one attached hydrogen (secondary N) is 1. The van der Waals surface area contributed by atoms with E-state index in [0.29, 0.717) is 40.1 Å². The van der Waals surface area contributed by atoms with Crippen LogP contribution in [0.25, 0.3) is 11.0 Å². The second-order valence-corrected chi connectivity index (χ2v) is 7.24. The van der Waals surface area contributed by atoms with Crippen LogP contribution in [0.3, 0.4) is 0 Å². The van der Waals surface area contributed by atoms with Gasteiger partial charge in [-0.1, -0.05) is 11.6 Å². The summed E-state index contributed by atoms with van der Waals surface area (Å²) < 4.78 is 12.2. The Labute approximate surface area is 183 Å². The van der Waals surface area contributed by atoms with E-state index in [1.165, 1.54) is 12.5 Å². The molecule has 31 heavy (non-hydrogen) atoms. The minimum absolute atomic E-state index is 0.301. The molecular formula is C22H20ClN5O3. The molecule has 3 aromatic heterocycles. The maximum Gasteiger partial charge on any atom is 0.258 e. The Morgan fingerprint density at radius 2 is 1.90 bits per heavy atom. The van der Waals surface area contributed by atoms with Crippen LogP contribution in [-0.4, -0.2) is 39.6 Å². The summed E-state index contributed by atoms with van der Waals surface area (Å²) >= 11 is 6.64. The number of pyridine rings is 1. The van der Waals surface area contributed by atoms with Gasteiger partial charge in [-0.05, 0) is 36.8 Å². The minimum atomic E-state index is -0.336. The summed E-state index contributed by atoms with van der Waals surface area (Å²) in [6.07, 6.45) is 4.87. The summed E-state index contributed by atoms with van der Waals surface area (Å²) in [5.74, 6) is 0.858. The molecule has 9 heteroatoms. The number of aryl methyl sites for hydroxylation is 1. The number of aromatic nitrogens is 4. The molecule has 0 atom stereocenters. The van der Waals surface area contributed by atoms with Gasteiger partial charge in [0.15, 0.2) is 0 Å². The number of carbonyl (C=O) groups excluding carboxylic acids is 1. The summed E-state index contributed by atoms with van der Waals surface area (Å²) in [7, 11) is 3.14. The van der Waals surface area contributed by atoms with E-state index < -0.39 is 0 Å². The first-order valence-corrected chi connectivity index (χ1v) is 9.82. The number of benzene rings is 1. The van der Waals surface area contributed by atoms with Gasteiger partial charge >= 0.3 is 0 Å². The molecular weight excluding hydrogens is 418 g/mol. The average molecular weight is 438 g/mol. The van der Waals surface area contributed by atoms with E-state index in [2.05, 4.69) is 20.3 Å². The zero-order chi connectivity index (χ0) is 22.0. The quantitative estimate of drug-likeness (QED) is 0.488. The number of methoxy groups -OCH3 is 2. The van der Waals surface area contributed by atoms with Crippen LogP contribution < -0.4 is 14.8 Å². The highest BCUT2D eigenvalue weighted by Gasteiger charge is 2.19. The molecule has 1 aromatic carbocycles. The molecule has 4 aromatic rings. The normalized spacial score (nSPS) is 10.8. The molecule has 0 saturated carbocycles. The molecule has 0 aliphatic heterocycles. The van der Waals surface area contributed by atoms with Crippen molar-refractivity contribution in [1.82, 2.24) is 19.5 Å². The smallest absolute Gasteiger partial charge is 0.258 e. The van der Waals surface area contributed by atoms with E-state index >= 15 is 0 Å². The number of anilines is 1. The van der Waals surface area contributed by atoms with Crippen molar-refractivity contribution in [3.63, 3.8) is 0 Å². The third-order valence-corrected chi connectivity index (χ3v) is 5.24. The van der Waals surface area contributed by atoms with Crippen molar-refractivity contribution in [1.29, 1.82) is 0 Å². The van der Waals surface area contributed by atoms with Crippen LogP contribution in [0.5, 0.6) is 11.6 Å². The zero-order valence-electron chi connectivity index (χ0n) is 17.2. The predicted molar refractivity (Wildman–Crippen MR) is 118 cm³/mol. The van der Waals surface area contributed by atoms with Crippen molar-refractivity contribution in [2.75, 3.05) is 19.5 Å². The van der Waals surface area contributed by atoms with Crippen molar-refractivity contribution in [3.05, 3.63) is 70.9 Å².